The first-order valence-corrected chi connectivity index (χ1v) is 4.51. The molecule has 1 heterocycles. The van der Waals surface area contributed by atoms with Crippen LogP contribution in [-0.2, 0) is 0 Å². The Morgan fingerprint density at radius 3 is 2.93 bits per heavy atom. The molecule has 2 rings (SSSR count). The lowest BCUT2D eigenvalue weighted by Gasteiger charge is -2.08. The fourth-order valence-corrected chi connectivity index (χ4v) is 1.44. The molecule has 1 aromatic heterocycles. The molecule has 72 valence electrons. The Bertz CT molecular complexity index is 442. The van der Waals surface area contributed by atoms with Gasteiger partial charge in [-0.15, -0.1) is 0 Å². The molecule has 0 aliphatic heterocycles. The summed E-state index contributed by atoms with van der Waals surface area (Å²) in [5.74, 6) is 0. The Hall–Kier alpha value is -1.45. The van der Waals surface area contributed by atoms with Crippen LogP contribution in [0.15, 0.2) is 36.7 Å². The SMILES string of the molecule is N[C@@H](CO)c1ccc2ccncc2c1. The van der Waals surface area contributed by atoms with Gasteiger partial charge in [-0.2, -0.15) is 0 Å². The van der Waals surface area contributed by atoms with Crippen molar-refractivity contribution in [3.8, 4) is 0 Å². The van der Waals surface area contributed by atoms with Crippen molar-refractivity contribution >= 4 is 10.8 Å². The van der Waals surface area contributed by atoms with E-state index < -0.39 is 0 Å². The molecule has 0 spiro atoms. The molecule has 3 N–H and O–H groups in total. The second kappa shape index (κ2) is 3.74. The van der Waals surface area contributed by atoms with Gasteiger partial charge in [0.05, 0.1) is 12.6 Å². The number of hydrogen-bond donors (Lipinski definition) is 2. The highest BCUT2D eigenvalue weighted by molar-refractivity contribution is 5.82. The maximum Gasteiger partial charge on any atom is 0.0624 e. The fraction of sp³-hybridized carbons (Fsp3) is 0.182. The molecule has 0 saturated carbocycles. The van der Waals surface area contributed by atoms with Crippen molar-refractivity contribution < 1.29 is 5.11 Å². The molecule has 0 bridgehead atoms. The van der Waals surface area contributed by atoms with Crippen molar-refractivity contribution in [1.29, 1.82) is 0 Å². The topological polar surface area (TPSA) is 59.1 Å². The van der Waals surface area contributed by atoms with Crippen LogP contribution in [0.25, 0.3) is 10.8 Å². The summed E-state index contributed by atoms with van der Waals surface area (Å²) in [6.07, 6.45) is 3.55. The molecular weight excluding hydrogens is 176 g/mol. The minimum absolute atomic E-state index is 0.0359. The Morgan fingerprint density at radius 2 is 2.14 bits per heavy atom. The van der Waals surface area contributed by atoms with E-state index in [9.17, 15) is 0 Å². The van der Waals surface area contributed by atoms with E-state index in [2.05, 4.69) is 4.98 Å². The zero-order valence-electron chi connectivity index (χ0n) is 7.72. The predicted octanol–water partition coefficient (Wildman–Crippen LogP) is 1.23. The van der Waals surface area contributed by atoms with Gasteiger partial charge in [-0.25, -0.2) is 0 Å². The van der Waals surface area contributed by atoms with Gasteiger partial charge < -0.3 is 10.8 Å². The first-order chi connectivity index (χ1) is 6.81. The molecule has 3 heteroatoms. The zero-order valence-corrected chi connectivity index (χ0v) is 7.72. The van der Waals surface area contributed by atoms with Crippen LogP contribution in [0.4, 0.5) is 0 Å². The van der Waals surface area contributed by atoms with E-state index in [0.717, 1.165) is 16.3 Å². The van der Waals surface area contributed by atoms with Crippen molar-refractivity contribution in [2.45, 2.75) is 6.04 Å². The van der Waals surface area contributed by atoms with E-state index in [4.69, 9.17) is 10.8 Å². The van der Waals surface area contributed by atoms with Gasteiger partial charge >= 0.3 is 0 Å². The molecule has 0 radical (unpaired) electrons. The van der Waals surface area contributed by atoms with Crippen LogP contribution in [0.1, 0.15) is 11.6 Å². The lowest BCUT2D eigenvalue weighted by molar-refractivity contribution is 0.268. The number of nitrogens with zero attached hydrogens (tertiary/aromatic N) is 1. The molecular formula is C11H12N2O. The molecule has 2 aromatic rings. The highest BCUT2D eigenvalue weighted by Gasteiger charge is 2.04. The van der Waals surface area contributed by atoms with Crippen molar-refractivity contribution in [3.05, 3.63) is 42.2 Å². The van der Waals surface area contributed by atoms with E-state index in [1.54, 1.807) is 12.4 Å². The summed E-state index contributed by atoms with van der Waals surface area (Å²) >= 11 is 0. The average Bonchev–Trinajstić information content (AvgIpc) is 2.27. The third-order valence-electron chi connectivity index (χ3n) is 2.29. The number of hydrogen-bond acceptors (Lipinski definition) is 3. The monoisotopic (exact) mass is 188 g/mol. The third-order valence-corrected chi connectivity index (χ3v) is 2.29. The number of aliphatic hydroxyl groups excluding tert-OH is 1. The van der Waals surface area contributed by atoms with Crippen LogP contribution in [-0.4, -0.2) is 16.7 Å². The van der Waals surface area contributed by atoms with Gasteiger partial charge in [0.15, 0.2) is 0 Å². The second-order valence-corrected chi connectivity index (χ2v) is 3.27. The fourth-order valence-electron chi connectivity index (χ4n) is 1.44. The van der Waals surface area contributed by atoms with Crippen molar-refractivity contribution in [1.82, 2.24) is 4.98 Å². The van der Waals surface area contributed by atoms with Gasteiger partial charge in [-0.3, -0.25) is 4.98 Å². The average molecular weight is 188 g/mol. The summed E-state index contributed by atoms with van der Waals surface area (Å²) in [5, 5.41) is 11.1. The van der Waals surface area contributed by atoms with Gasteiger partial charge in [0.25, 0.3) is 0 Å². The number of nitrogens with two attached hydrogens (primary N) is 1. The Kier molecular flexibility index (Phi) is 2.43. The van der Waals surface area contributed by atoms with Crippen LogP contribution in [0, 0.1) is 0 Å². The van der Waals surface area contributed by atoms with E-state index in [1.807, 2.05) is 24.3 Å². The highest BCUT2D eigenvalue weighted by Crippen LogP contribution is 2.17. The van der Waals surface area contributed by atoms with E-state index in [0.29, 0.717) is 0 Å². The summed E-state index contributed by atoms with van der Waals surface area (Å²) < 4.78 is 0. The van der Waals surface area contributed by atoms with E-state index in [-0.39, 0.29) is 12.6 Å². The van der Waals surface area contributed by atoms with Crippen molar-refractivity contribution in [2.75, 3.05) is 6.61 Å². The number of fused-ring (bicyclic) bond motifs is 1. The van der Waals surface area contributed by atoms with Crippen LogP contribution in [0.3, 0.4) is 0 Å². The minimum Gasteiger partial charge on any atom is -0.394 e. The first kappa shape index (κ1) is 9.12. The zero-order chi connectivity index (χ0) is 9.97. The molecule has 0 aliphatic carbocycles. The van der Waals surface area contributed by atoms with Crippen LogP contribution < -0.4 is 5.73 Å². The van der Waals surface area contributed by atoms with Gasteiger partial charge in [-0.1, -0.05) is 12.1 Å². The molecule has 0 saturated heterocycles. The third kappa shape index (κ3) is 1.60. The molecule has 0 amide bonds. The normalized spacial score (nSPS) is 13.0. The number of benzene rings is 1. The molecule has 3 nitrogen and oxygen atoms in total. The van der Waals surface area contributed by atoms with Crippen LogP contribution >= 0.6 is 0 Å². The first-order valence-electron chi connectivity index (χ1n) is 4.51. The predicted molar refractivity (Wildman–Crippen MR) is 55.8 cm³/mol. The van der Waals surface area contributed by atoms with Crippen LogP contribution in [0.5, 0.6) is 0 Å². The lowest BCUT2D eigenvalue weighted by atomic mass is 10.0. The molecule has 0 fully saturated rings. The number of aromatic nitrogens is 1. The number of rotatable bonds is 2. The summed E-state index contributed by atoms with van der Waals surface area (Å²) in [5.41, 5.74) is 6.65. The molecule has 0 unspecified atom stereocenters. The highest BCUT2D eigenvalue weighted by atomic mass is 16.3. The molecule has 14 heavy (non-hydrogen) atoms. The summed E-state index contributed by atoms with van der Waals surface area (Å²) in [4.78, 5) is 4.04. The lowest BCUT2D eigenvalue weighted by Crippen LogP contribution is -2.14. The maximum absolute atomic E-state index is 8.92. The Labute approximate surface area is 82.2 Å². The summed E-state index contributed by atoms with van der Waals surface area (Å²) in [7, 11) is 0. The second-order valence-electron chi connectivity index (χ2n) is 3.27. The largest absolute Gasteiger partial charge is 0.394 e. The standard InChI is InChI=1S/C11H12N2O/c12-11(7-14)9-2-1-8-3-4-13-6-10(8)5-9/h1-6,11,14H,7,12H2/t11-/m0/s1. The summed E-state index contributed by atoms with van der Waals surface area (Å²) in [6.45, 7) is -0.0359. The summed E-state index contributed by atoms with van der Waals surface area (Å²) in [6, 6.07) is 7.53. The molecule has 1 atom stereocenters. The molecule has 0 aliphatic rings. The smallest absolute Gasteiger partial charge is 0.0624 e. The van der Waals surface area contributed by atoms with E-state index >= 15 is 0 Å². The molecule has 1 aromatic carbocycles. The van der Waals surface area contributed by atoms with Crippen LogP contribution in [0.2, 0.25) is 0 Å². The maximum atomic E-state index is 8.92. The minimum atomic E-state index is -0.306. The quantitative estimate of drug-likeness (QED) is 0.745. The van der Waals surface area contributed by atoms with Gasteiger partial charge in [0.2, 0.25) is 0 Å². The van der Waals surface area contributed by atoms with Crippen molar-refractivity contribution in [2.24, 2.45) is 5.73 Å². The Balaban J connectivity index is 2.51. The Morgan fingerprint density at radius 1 is 1.29 bits per heavy atom. The van der Waals surface area contributed by atoms with Gasteiger partial charge in [0.1, 0.15) is 0 Å². The van der Waals surface area contributed by atoms with Gasteiger partial charge in [0, 0.05) is 17.8 Å². The number of aliphatic hydroxyl groups is 1. The van der Waals surface area contributed by atoms with E-state index in [1.165, 1.54) is 0 Å². The van der Waals surface area contributed by atoms with Gasteiger partial charge in [-0.05, 0) is 23.1 Å². The van der Waals surface area contributed by atoms with Crippen molar-refractivity contribution in [3.63, 3.8) is 0 Å². The number of pyridine rings is 1.